The van der Waals surface area contributed by atoms with E-state index >= 15 is 0 Å². The van der Waals surface area contributed by atoms with Crippen LogP contribution in [-0.4, -0.2) is 41.1 Å². The van der Waals surface area contributed by atoms with Crippen molar-refractivity contribution in [3.63, 3.8) is 0 Å². The van der Waals surface area contributed by atoms with Gasteiger partial charge < -0.3 is 14.6 Å². The van der Waals surface area contributed by atoms with Crippen molar-refractivity contribution in [2.45, 2.75) is 58.5 Å². The van der Waals surface area contributed by atoms with Crippen LogP contribution >= 0.6 is 0 Å². The zero-order chi connectivity index (χ0) is 14.4. The summed E-state index contributed by atoms with van der Waals surface area (Å²) in [4.78, 5) is 0. The average Bonchev–Trinajstić information content (AvgIpc) is 2.83. The van der Waals surface area contributed by atoms with Gasteiger partial charge in [0.2, 0.25) is 0 Å². The summed E-state index contributed by atoms with van der Waals surface area (Å²) < 4.78 is 7.18. The van der Waals surface area contributed by atoms with E-state index in [0.29, 0.717) is 18.1 Å². The Morgan fingerprint density at radius 3 is 3.10 bits per heavy atom. The normalized spacial score (nSPS) is 22.1. The zero-order valence-corrected chi connectivity index (χ0v) is 13.1. The molecular weight excluding hydrogens is 252 g/mol. The molecule has 5 nitrogen and oxygen atoms in total. The Hall–Kier alpha value is -0.940. The van der Waals surface area contributed by atoms with Crippen molar-refractivity contribution in [3.8, 4) is 0 Å². The molecule has 5 heteroatoms. The Labute approximate surface area is 122 Å². The molecule has 0 bridgehead atoms. The summed E-state index contributed by atoms with van der Waals surface area (Å²) in [6, 6.07) is 0.661. The summed E-state index contributed by atoms with van der Waals surface area (Å²) in [5.41, 5.74) is 0.494. The fourth-order valence-corrected chi connectivity index (χ4v) is 3.11. The fraction of sp³-hybridized carbons (Fsp3) is 0.867. The molecule has 1 unspecified atom stereocenters. The van der Waals surface area contributed by atoms with Gasteiger partial charge in [-0.25, -0.2) is 0 Å². The van der Waals surface area contributed by atoms with Gasteiger partial charge in [0.15, 0.2) is 0 Å². The topological polar surface area (TPSA) is 52.0 Å². The maximum absolute atomic E-state index is 5.10. The number of rotatable bonds is 7. The number of hydrogen-bond acceptors (Lipinski definition) is 4. The highest BCUT2D eigenvalue weighted by Crippen LogP contribution is 2.34. The summed E-state index contributed by atoms with van der Waals surface area (Å²) in [6.45, 7) is 7.27. The van der Waals surface area contributed by atoms with Crippen molar-refractivity contribution in [1.82, 2.24) is 20.1 Å². The summed E-state index contributed by atoms with van der Waals surface area (Å²) in [5, 5.41) is 11.9. The largest absolute Gasteiger partial charge is 0.383 e. The van der Waals surface area contributed by atoms with Crippen molar-refractivity contribution in [3.05, 3.63) is 12.2 Å². The van der Waals surface area contributed by atoms with Crippen LogP contribution in [0.3, 0.4) is 0 Å². The van der Waals surface area contributed by atoms with Crippen LogP contribution in [0.15, 0.2) is 6.33 Å². The lowest BCUT2D eigenvalue weighted by molar-refractivity contribution is 0.185. The molecule has 1 fully saturated rings. The summed E-state index contributed by atoms with van der Waals surface area (Å²) in [6.07, 6.45) is 8.01. The highest BCUT2D eigenvalue weighted by atomic mass is 16.5. The predicted octanol–water partition coefficient (Wildman–Crippen LogP) is 2.03. The molecule has 0 saturated heterocycles. The number of methoxy groups -OCH3 is 1. The summed E-state index contributed by atoms with van der Waals surface area (Å²) >= 11 is 0. The SMILES string of the molecule is COCCn1cnnc1CCNC1CCCC(C)(C)C1. The predicted molar refractivity (Wildman–Crippen MR) is 79.6 cm³/mol. The third kappa shape index (κ3) is 4.56. The van der Waals surface area contributed by atoms with E-state index in [2.05, 4.69) is 33.9 Å². The van der Waals surface area contributed by atoms with E-state index < -0.39 is 0 Å². The molecule has 1 aromatic heterocycles. The van der Waals surface area contributed by atoms with Crippen molar-refractivity contribution in [2.24, 2.45) is 5.41 Å². The Balaban J connectivity index is 1.74. The molecule has 0 radical (unpaired) electrons. The quantitative estimate of drug-likeness (QED) is 0.830. The van der Waals surface area contributed by atoms with Crippen molar-refractivity contribution in [1.29, 1.82) is 0 Å². The van der Waals surface area contributed by atoms with E-state index in [1.54, 1.807) is 13.4 Å². The molecule has 0 amide bonds. The van der Waals surface area contributed by atoms with Gasteiger partial charge in [-0.3, -0.25) is 0 Å². The molecule has 1 N–H and O–H groups in total. The Morgan fingerprint density at radius 2 is 2.35 bits per heavy atom. The van der Waals surface area contributed by atoms with Crippen LogP contribution in [-0.2, 0) is 17.7 Å². The molecule has 1 heterocycles. The zero-order valence-electron chi connectivity index (χ0n) is 13.1. The Bertz CT molecular complexity index is 402. The van der Waals surface area contributed by atoms with Gasteiger partial charge in [-0.15, -0.1) is 10.2 Å². The maximum atomic E-state index is 5.10. The first-order valence-electron chi connectivity index (χ1n) is 7.70. The third-order valence-electron chi connectivity index (χ3n) is 4.22. The van der Waals surface area contributed by atoms with E-state index in [1.807, 2.05) is 0 Å². The highest BCUT2D eigenvalue weighted by Gasteiger charge is 2.27. The van der Waals surface area contributed by atoms with E-state index in [0.717, 1.165) is 25.3 Å². The molecular formula is C15H28N4O. The summed E-state index contributed by atoms with van der Waals surface area (Å²) in [7, 11) is 1.72. The van der Waals surface area contributed by atoms with Crippen molar-refractivity contribution in [2.75, 3.05) is 20.3 Å². The molecule has 1 saturated carbocycles. The molecule has 1 atom stereocenters. The molecule has 1 aliphatic rings. The first-order valence-corrected chi connectivity index (χ1v) is 7.70. The minimum Gasteiger partial charge on any atom is -0.383 e. The lowest BCUT2D eigenvalue weighted by atomic mass is 9.75. The fourth-order valence-electron chi connectivity index (χ4n) is 3.11. The number of aromatic nitrogens is 3. The average molecular weight is 280 g/mol. The number of ether oxygens (including phenoxy) is 1. The second kappa shape index (κ2) is 7.18. The van der Waals surface area contributed by atoms with Crippen molar-refractivity contribution >= 4 is 0 Å². The number of nitrogens with one attached hydrogen (secondary N) is 1. The molecule has 0 aliphatic heterocycles. The monoisotopic (exact) mass is 280 g/mol. The van der Waals surface area contributed by atoms with Gasteiger partial charge in [0.25, 0.3) is 0 Å². The van der Waals surface area contributed by atoms with E-state index in [1.165, 1.54) is 25.7 Å². The van der Waals surface area contributed by atoms with Crippen LogP contribution in [0.4, 0.5) is 0 Å². The molecule has 20 heavy (non-hydrogen) atoms. The molecule has 114 valence electrons. The van der Waals surface area contributed by atoms with Crippen LogP contribution < -0.4 is 5.32 Å². The van der Waals surface area contributed by atoms with Crippen LogP contribution in [0.25, 0.3) is 0 Å². The van der Waals surface area contributed by atoms with E-state index in [-0.39, 0.29) is 0 Å². The van der Waals surface area contributed by atoms with Gasteiger partial charge in [0, 0.05) is 32.7 Å². The van der Waals surface area contributed by atoms with Crippen molar-refractivity contribution < 1.29 is 4.74 Å². The van der Waals surface area contributed by atoms with Gasteiger partial charge >= 0.3 is 0 Å². The van der Waals surface area contributed by atoms with Gasteiger partial charge in [-0.05, 0) is 24.7 Å². The molecule has 0 spiro atoms. The van der Waals surface area contributed by atoms with Crippen LogP contribution in [0.5, 0.6) is 0 Å². The second-order valence-corrected chi connectivity index (χ2v) is 6.59. The van der Waals surface area contributed by atoms with Crippen LogP contribution in [0.2, 0.25) is 0 Å². The standard InChI is InChI=1S/C15H28N4O/c1-15(2)7-4-5-13(11-15)16-8-6-14-18-17-12-19(14)9-10-20-3/h12-13,16H,4-11H2,1-3H3. The number of hydrogen-bond donors (Lipinski definition) is 1. The first kappa shape index (κ1) is 15.4. The van der Waals surface area contributed by atoms with Gasteiger partial charge in [0.1, 0.15) is 12.2 Å². The van der Waals surface area contributed by atoms with E-state index in [9.17, 15) is 0 Å². The van der Waals surface area contributed by atoms with Crippen LogP contribution in [0, 0.1) is 5.41 Å². The summed E-state index contributed by atoms with van der Waals surface area (Å²) in [5.74, 6) is 1.05. The van der Waals surface area contributed by atoms with Gasteiger partial charge in [-0.1, -0.05) is 20.3 Å². The minimum absolute atomic E-state index is 0.494. The lowest BCUT2D eigenvalue weighted by Crippen LogP contribution is -2.38. The lowest BCUT2D eigenvalue weighted by Gasteiger charge is -2.35. The molecule has 1 aliphatic carbocycles. The second-order valence-electron chi connectivity index (χ2n) is 6.59. The maximum Gasteiger partial charge on any atom is 0.134 e. The van der Waals surface area contributed by atoms with Crippen LogP contribution in [0.1, 0.15) is 45.4 Å². The third-order valence-corrected chi connectivity index (χ3v) is 4.22. The number of nitrogens with zero attached hydrogens (tertiary/aromatic N) is 3. The highest BCUT2D eigenvalue weighted by molar-refractivity contribution is 4.88. The minimum atomic E-state index is 0.494. The van der Waals surface area contributed by atoms with Gasteiger partial charge in [0.05, 0.1) is 6.61 Å². The van der Waals surface area contributed by atoms with Gasteiger partial charge in [-0.2, -0.15) is 0 Å². The van der Waals surface area contributed by atoms with E-state index in [4.69, 9.17) is 4.74 Å². The molecule has 2 rings (SSSR count). The molecule has 1 aromatic rings. The first-order chi connectivity index (χ1) is 9.61. The molecule has 0 aromatic carbocycles. The smallest absolute Gasteiger partial charge is 0.134 e. The Morgan fingerprint density at radius 1 is 1.50 bits per heavy atom. The Kier molecular flexibility index (Phi) is 5.54.